The highest BCUT2D eigenvalue weighted by Crippen LogP contribution is 2.32. The summed E-state index contributed by atoms with van der Waals surface area (Å²) in [4.78, 5) is 0. The number of nitrogens with zero attached hydrogens (tertiary/aromatic N) is 1. The molecule has 2 heteroatoms. The Morgan fingerprint density at radius 3 is 2.40 bits per heavy atom. The van der Waals surface area contributed by atoms with Gasteiger partial charge in [0.05, 0.1) is 5.56 Å². The first kappa shape index (κ1) is 12.3. The van der Waals surface area contributed by atoms with E-state index < -0.39 is 0 Å². The molecular weight excluding hydrogens is 246 g/mol. The van der Waals surface area contributed by atoms with Crippen LogP contribution in [0.1, 0.15) is 16.7 Å². The molecule has 0 saturated carbocycles. The van der Waals surface area contributed by atoms with Gasteiger partial charge in [0.25, 0.3) is 0 Å². The standard InChI is InChI=1S/C18H13NO/c19-12-17-15(10-13-6-2-1-3-7-13)11-14-8-4-5-9-16(14)18(17)20/h1-9,11,20H,10H2. The van der Waals surface area contributed by atoms with Crippen LogP contribution in [0.15, 0.2) is 60.7 Å². The molecule has 0 atom stereocenters. The minimum atomic E-state index is 0.0801. The molecular formula is C18H13NO. The summed E-state index contributed by atoms with van der Waals surface area (Å²) in [7, 11) is 0. The zero-order chi connectivity index (χ0) is 13.9. The van der Waals surface area contributed by atoms with Crippen LogP contribution >= 0.6 is 0 Å². The zero-order valence-electron chi connectivity index (χ0n) is 10.9. The van der Waals surface area contributed by atoms with Gasteiger partial charge in [0.15, 0.2) is 0 Å². The molecule has 0 aromatic heterocycles. The molecule has 0 heterocycles. The minimum Gasteiger partial charge on any atom is -0.506 e. The highest BCUT2D eigenvalue weighted by atomic mass is 16.3. The third kappa shape index (κ3) is 2.10. The van der Waals surface area contributed by atoms with Gasteiger partial charge in [-0.3, -0.25) is 0 Å². The molecule has 0 spiro atoms. The second kappa shape index (κ2) is 5.07. The Balaban J connectivity index is 2.18. The number of benzene rings is 3. The maximum Gasteiger partial charge on any atom is 0.141 e. The van der Waals surface area contributed by atoms with Gasteiger partial charge in [0, 0.05) is 5.39 Å². The van der Waals surface area contributed by atoms with E-state index in [4.69, 9.17) is 0 Å². The van der Waals surface area contributed by atoms with Crippen LogP contribution in [0.5, 0.6) is 5.75 Å². The van der Waals surface area contributed by atoms with Crippen molar-refractivity contribution in [3.05, 3.63) is 77.4 Å². The van der Waals surface area contributed by atoms with Gasteiger partial charge in [-0.05, 0) is 29.0 Å². The molecule has 3 rings (SSSR count). The Morgan fingerprint density at radius 1 is 0.950 bits per heavy atom. The maximum atomic E-state index is 10.3. The SMILES string of the molecule is N#Cc1c(Cc2ccccc2)cc2ccccc2c1O. The van der Waals surface area contributed by atoms with Crippen LogP contribution in [0.2, 0.25) is 0 Å². The first-order valence-corrected chi connectivity index (χ1v) is 6.47. The van der Waals surface area contributed by atoms with Gasteiger partial charge in [-0.1, -0.05) is 54.6 Å². The molecule has 2 nitrogen and oxygen atoms in total. The average molecular weight is 259 g/mol. The second-order valence-corrected chi connectivity index (χ2v) is 4.75. The van der Waals surface area contributed by atoms with Crippen molar-refractivity contribution in [1.82, 2.24) is 0 Å². The summed E-state index contributed by atoms with van der Waals surface area (Å²) in [5.41, 5.74) is 2.35. The quantitative estimate of drug-likeness (QED) is 0.755. The predicted octanol–water partition coefficient (Wildman–Crippen LogP) is 4.01. The van der Waals surface area contributed by atoms with E-state index in [9.17, 15) is 10.4 Å². The molecule has 0 bridgehead atoms. The number of hydrogen-bond donors (Lipinski definition) is 1. The summed E-state index contributed by atoms with van der Waals surface area (Å²) in [5, 5.41) is 21.3. The largest absolute Gasteiger partial charge is 0.506 e. The van der Waals surface area contributed by atoms with Crippen molar-refractivity contribution in [2.75, 3.05) is 0 Å². The molecule has 20 heavy (non-hydrogen) atoms. The van der Waals surface area contributed by atoms with Crippen LogP contribution < -0.4 is 0 Å². The summed E-state index contributed by atoms with van der Waals surface area (Å²) >= 11 is 0. The Bertz CT molecular complexity index is 801. The van der Waals surface area contributed by atoms with Crippen molar-refractivity contribution in [3.63, 3.8) is 0 Å². The number of rotatable bonds is 2. The van der Waals surface area contributed by atoms with E-state index in [-0.39, 0.29) is 5.75 Å². The first-order valence-electron chi connectivity index (χ1n) is 6.47. The Kier molecular flexibility index (Phi) is 3.10. The van der Waals surface area contributed by atoms with Gasteiger partial charge in [0.1, 0.15) is 11.8 Å². The van der Waals surface area contributed by atoms with E-state index in [1.54, 1.807) is 0 Å². The van der Waals surface area contributed by atoms with E-state index >= 15 is 0 Å². The summed E-state index contributed by atoms with van der Waals surface area (Å²) < 4.78 is 0. The molecule has 0 aliphatic rings. The molecule has 3 aromatic rings. The van der Waals surface area contributed by atoms with E-state index in [2.05, 4.69) is 6.07 Å². The van der Waals surface area contributed by atoms with Gasteiger partial charge in [-0.15, -0.1) is 0 Å². The number of fused-ring (bicyclic) bond motifs is 1. The van der Waals surface area contributed by atoms with Gasteiger partial charge in [0.2, 0.25) is 0 Å². The first-order chi connectivity index (χ1) is 9.79. The third-order valence-electron chi connectivity index (χ3n) is 3.45. The lowest BCUT2D eigenvalue weighted by molar-refractivity contribution is 0.479. The van der Waals surface area contributed by atoms with Crippen LogP contribution in [0.4, 0.5) is 0 Å². The number of aromatic hydroxyl groups is 1. The average Bonchev–Trinajstić information content (AvgIpc) is 2.49. The highest BCUT2D eigenvalue weighted by molar-refractivity contribution is 5.91. The lowest BCUT2D eigenvalue weighted by Gasteiger charge is -2.09. The zero-order valence-corrected chi connectivity index (χ0v) is 10.9. The molecule has 0 aliphatic heterocycles. The second-order valence-electron chi connectivity index (χ2n) is 4.75. The number of nitriles is 1. The highest BCUT2D eigenvalue weighted by Gasteiger charge is 2.12. The molecule has 0 aliphatic carbocycles. The summed E-state index contributed by atoms with van der Waals surface area (Å²) in [6.45, 7) is 0. The van der Waals surface area contributed by atoms with Crippen molar-refractivity contribution in [1.29, 1.82) is 5.26 Å². The number of phenolic OH excluding ortho intramolecular Hbond substituents is 1. The molecule has 96 valence electrons. The number of hydrogen-bond acceptors (Lipinski definition) is 2. The molecule has 0 unspecified atom stereocenters. The summed E-state index contributed by atoms with van der Waals surface area (Å²) in [6, 6.07) is 21.6. The lowest BCUT2D eigenvalue weighted by Crippen LogP contribution is -1.94. The fraction of sp³-hybridized carbons (Fsp3) is 0.0556. The predicted molar refractivity (Wildman–Crippen MR) is 79.6 cm³/mol. The normalized spacial score (nSPS) is 10.3. The monoisotopic (exact) mass is 259 g/mol. The van der Waals surface area contributed by atoms with Crippen LogP contribution in [0.25, 0.3) is 10.8 Å². The van der Waals surface area contributed by atoms with Gasteiger partial charge < -0.3 is 5.11 Å². The van der Waals surface area contributed by atoms with E-state index in [1.807, 2.05) is 60.7 Å². The third-order valence-corrected chi connectivity index (χ3v) is 3.45. The van der Waals surface area contributed by atoms with Crippen LogP contribution in [-0.2, 0) is 6.42 Å². The van der Waals surface area contributed by atoms with Crippen molar-refractivity contribution in [2.24, 2.45) is 0 Å². The summed E-state index contributed by atoms with van der Waals surface area (Å²) in [6.07, 6.45) is 0.641. The topological polar surface area (TPSA) is 44.0 Å². The molecule has 3 aromatic carbocycles. The summed E-state index contributed by atoms with van der Waals surface area (Å²) in [5.74, 6) is 0.0801. The molecule has 1 N–H and O–H groups in total. The Labute approximate surface area is 117 Å². The smallest absolute Gasteiger partial charge is 0.141 e. The Morgan fingerprint density at radius 2 is 1.65 bits per heavy atom. The fourth-order valence-corrected chi connectivity index (χ4v) is 2.47. The lowest BCUT2D eigenvalue weighted by atomic mass is 9.95. The van der Waals surface area contributed by atoms with Crippen molar-refractivity contribution >= 4 is 10.8 Å². The van der Waals surface area contributed by atoms with Gasteiger partial charge in [-0.2, -0.15) is 5.26 Å². The molecule has 0 saturated heterocycles. The van der Waals surface area contributed by atoms with Gasteiger partial charge in [-0.25, -0.2) is 0 Å². The van der Waals surface area contributed by atoms with Crippen LogP contribution in [-0.4, -0.2) is 5.11 Å². The van der Waals surface area contributed by atoms with Crippen LogP contribution in [0, 0.1) is 11.3 Å². The fourth-order valence-electron chi connectivity index (χ4n) is 2.47. The van der Waals surface area contributed by atoms with Crippen molar-refractivity contribution in [2.45, 2.75) is 6.42 Å². The van der Waals surface area contributed by atoms with Gasteiger partial charge >= 0.3 is 0 Å². The molecule has 0 radical (unpaired) electrons. The minimum absolute atomic E-state index is 0.0801. The van der Waals surface area contributed by atoms with E-state index in [0.717, 1.165) is 21.9 Å². The van der Waals surface area contributed by atoms with Crippen molar-refractivity contribution in [3.8, 4) is 11.8 Å². The Hall–Kier alpha value is -2.79. The van der Waals surface area contributed by atoms with E-state index in [0.29, 0.717) is 12.0 Å². The van der Waals surface area contributed by atoms with Crippen LogP contribution in [0.3, 0.4) is 0 Å². The molecule has 0 fully saturated rings. The van der Waals surface area contributed by atoms with Crippen molar-refractivity contribution < 1.29 is 5.11 Å². The maximum absolute atomic E-state index is 10.3. The number of phenols is 1. The molecule has 0 amide bonds. The van der Waals surface area contributed by atoms with E-state index in [1.165, 1.54) is 0 Å².